The fourth-order valence-corrected chi connectivity index (χ4v) is 1.42. The first-order valence-corrected chi connectivity index (χ1v) is 4.86. The summed E-state index contributed by atoms with van der Waals surface area (Å²) in [5, 5.41) is 0. The number of rotatable bonds is 3. The standard InChI is InChI=1S/C11H14F3N.ClH/c1-2-4-8-5-3-6-9(7-8)10(15)11(12,13)14;/h3,5-7,10H,2,4,15H2,1H3;1H/t10-;/m0./s1. The van der Waals surface area contributed by atoms with Gasteiger partial charge in [-0.2, -0.15) is 13.2 Å². The molecule has 0 saturated heterocycles. The number of nitrogens with two attached hydrogens (primary N) is 1. The van der Waals surface area contributed by atoms with Crippen LogP contribution in [0.3, 0.4) is 0 Å². The van der Waals surface area contributed by atoms with Crippen molar-refractivity contribution in [1.29, 1.82) is 0 Å². The molecular weight excluding hydrogens is 239 g/mol. The van der Waals surface area contributed by atoms with Gasteiger partial charge in [-0.1, -0.05) is 37.6 Å². The highest BCUT2D eigenvalue weighted by molar-refractivity contribution is 5.85. The van der Waals surface area contributed by atoms with E-state index in [1.165, 1.54) is 12.1 Å². The van der Waals surface area contributed by atoms with Gasteiger partial charge in [0.15, 0.2) is 0 Å². The summed E-state index contributed by atoms with van der Waals surface area (Å²) >= 11 is 0. The van der Waals surface area contributed by atoms with E-state index in [-0.39, 0.29) is 18.0 Å². The average molecular weight is 254 g/mol. The van der Waals surface area contributed by atoms with Crippen molar-refractivity contribution >= 4 is 12.4 Å². The summed E-state index contributed by atoms with van der Waals surface area (Å²) < 4.78 is 37.0. The highest BCUT2D eigenvalue weighted by Crippen LogP contribution is 2.30. The lowest BCUT2D eigenvalue weighted by molar-refractivity contribution is -0.149. The van der Waals surface area contributed by atoms with Crippen LogP contribution in [0, 0.1) is 0 Å². The lowest BCUT2D eigenvalue weighted by Crippen LogP contribution is -2.28. The summed E-state index contributed by atoms with van der Waals surface area (Å²) in [6, 6.07) is 4.50. The summed E-state index contributed by atoms with van der Waals surface area (Å²) in [5.74, 6) is 0. The van der Waals surface area contributed by atoms with Crippen LogP contribution >= 0.6 is 12.4 Å². The average Bonchev–Trinajstić information content (AvgIpc) is 2.16. The smallest absolute Gasteiger partial charge is 0.316 e. The number of hydrogen-bond donors (Lipinski definition) is 1. The number of alkyl halides is 3. The molecular formula is C11H15ClF3N. The zero-order valence-electron chi connectivity index (χ0n) is 8.92. The Bertz CT molecular complexity index is 325. The van der Waals surface area contributed by atoms with E-state index in [1.54, 1.807) is 6.07 Å². The van der Waals surface area contributed by atoms with Crippen LogP contribution in [0.2, 0.25) is 0 Å². The van der Waals surface area contributed by atoms with Crippen molar-refractivity contribution in [2.75, 3.05) is 0 Å². The van der Waals surface area contributed by atoms with Crippen LogP contribution in [-0.2, 0) is 6.42 Å². The second-order valence-electron chi connectivity index (χ2n) is 3.51. The van der Waals surface area contributed by atoms with Gasteiger partial charge in [0.25, 0.3) is 0 Å². The molecule has 0 amide bonds. The van der Waals surface area contributed by atoms with Gasteiger partial charge in [0.2, 0.25) is 0 Å². The Morgan fingerprint density at radius 2 is 1.94 bits per heavy atom. The maximum atomic E-state index is 12.3. The molecule has 92 valence electrons. The van der Waals surface area contributed by atoms with Gasteiger partial charge >= 0.3 is 6.18 Å². The van der Waals surface area contributed by atoms with Crippen LogP contribution in [-0.4, -0.2) is 6.18 Å². The first kappa shape index (κ1) is 15.3. The SMILES string of the molecule is CCCc1cccc([C@H](N)C(F)(F)F)c1.Cl. The number of aryl methyl sites for hydroxylation is 1. The lowest BCUT2D eigenvalue weighted by Gasteiger charge is -2.16. The van der Waals surface area contributed by atoms with Crippen LogP contribution in [0.25, 0.3) is 0 Å². The second-order valence-corrected chi connectivity index (χ2v) is 3.51. The van der Waals surface area contributed by atoms with E-state index >= 15 is 0 Å². The van der Waals surface area contributed by atoms with E-state index in [1.807, 2.05) is 13.0 Å². The van der Waals surface area contributed by atoms with Gasteiger partial charge in [0, 0.05) is 0 Å². The van der Waals surface area contributed by atoms with E-state index in [0.29, 0.717) is 0 Å². The molecule has 0 saturated carbocycles. The molecule has 0 aliphatic carbocycles. The first-order chi connectivity index (χ1) is 6.95. The minimum Gasteiger partial charge on any atom is -0.316 e. The minimum atomic E-state index is -4.37. The molecule has 1 atom stereocenters. The third kappa shape index (κ3) is 4.02. The highest BCUT2D eigenvalue weighted by Gasteiger charge is 2.37. The van der Waals surface area contributed by atoms with E-state index < -0.39 is 12.2 Å². The molecule has 0 unspecified atom stereocenters. The van der Waals surface area contributed by atoms with Crippen molar-refractivity contribution in [3.8, 4) is 0 Å². The molecule has 0 fully saturated rings. The van der Waals surface area contributed by atoms with Crippen molar-refractivity contribution in [2.45, 2.75) is 32.0 Å². The Kier molecular flexibility index (Phi) is 5.83. The van der Waals surface area contributed by atoms with Gasteiger partial charge in [-0.05, 0) is 17.5 Å². The summed E-state index contributed by atoms with van der Waals surface area (Å²) in [6.45, 7) is 1.98. The number of hydrogen-bond acceptors (Lipinski definition) is 1. The molecule has 0 radical (unpaired) electrons. The van der Waals surface area contributed by atoms with Gasteiger partial charge in [-0.25, -0.2) is 0 Å². The topological polar surface area (TPSA) is 26.0 Å². The quantitative estimate of drug-likeness (QED) is 0.875. The van der Waals surface area contributed by atoms with E-state index in [9.17, 15) is 13.2 Å². The predicted molar refractivity (Wildman–Crippen MR) is 60.7 cm³/mol. The predicted octanol–water partition coefficient (Wildman–Crippen LogP) is 3.62. The summed E-state index contributed by atoms with van der Waals surface area (Å²) in [5.41, 5.74) is 6.14. The molecule has 5 heteroatoms. The van der Waals surface area contributed by atoms with Crippen molar-refractivity contribution in [3.05, 3.63) is 35.4 Å². The summed E-state index contributed by atoms with van der Waals surface area (Å²) in [4.78, 5) is 0. The van der Waals surface area contributed by atoms with Gasteiger partial charge in [-0.3, -0.25) is 0 Å². The zero-order valence-corrected chi connectivity index (χ0v) is 9.74. The van der Waals surface area contributed by atoms with Gasteiger partial charge in [-0.15, -0.1) is 12.4 Å². The first-order valence-electron chi connectivity index (χ1n) is 4.86. The maximum Gasteiger partial charge on any atom is 0.407 e. The van der Waals surface area contributed by atoms with Gasteiger partial charge in [0.1, 0.15) is 6.04 Å². The number of halogens is 4. The van der Waals surface area contributed by atoms with E-state index in [4.69, 9.17) is 5.73 Å². The molecule has 0 aliphatic rings. The van der Waals surface area contributed by atoms with Crippen LogP contribution in [0.15, 0.2) is 24.3 Å². The molecule has 1 rings (SSSR count). The highest BCUT2D eigenvalue weighted by atomic mass is 35.5. The Morgan fingerprint density at radius 1 is 1.31 bits per heavy atom. The van der Waals surface area contributed by atoms with Crippen LogP contribution in [0.1, 0.15) is 30.5 Å². The van der Waals surface area contributed by atoms with Crippen LogP contribution < -0.4 is 5.73 Å². The Balaban J connectivity index is 0.00000225. The van der Waals surface area contributed by atoms with Crippen molar-refractivity contribution in [1.82, 2.24) is 0 Å². The Labute approximate surface area is 99.2 Å². The molecule has 0 aliphatic heterocycles. The molecule has 2 N–H and O–H groups in total. The van der Waals surface area contributed by atoms with Crippen molar-refractivity contribution in [3.63, 3.8) is 0 Å². The molecule has 0 aromatic heterocycles. The monoisotopic (exact) mass is 253 g/mol. The fraction of sp³-hybridized carbons (Fsp3) is 0.455. The Morgan fingerprint density at radius 3 is 2.44 bits per heavy atom. The molecule has 16 heavy (non-hydrogen) atoms. The van der Waals surface area contributed by atoms with Gasteiger partial charge in [0.05, 0.1) is 0 Å². The largest absolute Gasteiger partial charge is 0.407 e. The fourth-order valence-electron chi connectivity index (χ4n) is 1.42. The molecule has 1 aromatic carbocycles. The van der Waals surface area contributed by atoms with Crippen LogP contribution in [0.5, 0.6) is 0 Å². The molecule has 0 heterocycles. The van der Waals surface area contributed by atoms with E-state index in [0.717, 1.165) is 18.4 Å². The lowest BCUT2D eigenvalue weighted by atomic mass is 10.0. The third-order valence-electron chi connectivity index (χ3n) is 2.20. The molecule has 1 aromatic rings. The molecule has 0 spiro atoms. The minimum absolute atomic E-state index is 0. The normalized spacial score (nSPS) is 13.1. The third-order valence-corrected chi connectivity index (χ3v) is 2.20. The maximum absolute atomic E-state index is 12.3. The Hall–Kier alpha value is -0.740. The second kappa shape index (κ2) is 6.11. The molecule has 1 nitrogen and oxygen atoms in total. The zero-order chi connectivity index (χ0) is 11.5. The van der Waals surface area contributed by atoms with Crippen molar-refractivity contribution < 1.29 is 13.2 Å². The summed E-state index contributed by atoms with van der Waals surface area (Å²) in [7, 11) is 0. The summed E-state index contributed by atoms with van der Waals surface area (Å²) in [6.07, 6.45) is -2.69. The number of benzene rings is 1. The van der Waals surface area contributed by atoms with Crippen molar-refractivity contribution in [2.24, 2.45) is 5.73 Å². The van der Waals surface area contributed by atoms with Gasteiger partial charge < -0.3 is 5.73 Å². The van der Waals surface area contributed by atoms with Crippen LogP contribution in [0.4, 0.5) is 13.2 Å². The molecule has 0 bridgehead atoms. The van der Waals surface area contributed by atoms with E-state index in [2.05, 4.69) is 0 Å².